The van der Waals surface area contributed by atoms with E-state index in [-0.39, 0.29) is 31.1 Å². The Hall–Kier alpha value is -2.63. The summed E-state index contributed by atoms with van der Waals surface area (Å²) >= 11 is 0. The Morgan fingerprint density at radius 1 is 0.328 bits per heavy atom. The second-order valence-corrected chi connectivity index (χ2v) is 18.4. The van der Waals surface area contributed by atoms with E-state index in [9.17, 15) is 14.4 Å². The molecule has 0 radical (unpaired) electrons. The van der Waals surface area contributed by atoms with Crippen molar-refractivity contribution in [1.29, 1.82) is 0 Å². The third-order valence-corrected chi connectivity index (χ3v) is 12.1. The number of ether oxygens (including phenoxy) is 3. The molecule has 6 nitrogen and oxygen atoms in total. The highest BCUT2D eigenvalue weighted by molar-refractivity contribution is 5.71. The van der Waals surface area contributed by atoms with Gasteiger partial charge in [0, 0.05) is 19.3 Å². The molecular formula is C58H104O6. The molecule has 0 aliphatic rings. The first-order valence-electron chi connectivity index (χ1n) is 27.6. The van der Waals surface area contributed by atoms with Crippen LogP contribution in [0.5, 0.6) is 0 Å². The molecule has 0 amide bonds. The van der Waals surface area contributed by atoms with Crippen LogP contribution in [0.4, 0.5) is 0 Å². The Kier molecular flexibility index (Phi) is 50.8. The maximum Gasteiger partial charge on any atom is 0.306 e. The van der Waals surface area contributed by atoms with Crippen molar-refractivity contribution in [3.8, 4) is 0 Å². The number of hydrogen-bond acceptors (Lipinski definition) is 6. The highest BCUT2D eigenvalue weighted by Gasteiger charge is 2.19. The van der Waals surface area contributed by atoms with Crippen molar-refractivity contribution in [3.05, 3.63) is 48.6 Å². The van der Waals surface area contributed by atoms with Crippen molar-refractivity contribution >= 4 is 17.9 Å². The number of carbonyl (C=O) groups excluding carboxylic acids is 3. The van der Waals surface area contributed by atoms with E-state index >= 15 is 0 Å². The summed E-state index contributed by atoms with van der Waals surface area (Å²) in [4.78, 5) is 38.1. The van der Waals surface area contributed by atoms with Crippen molar-refractivity contribution in [2.24, 2.45) is 0 Å². The summed E-state index contributed by atoms with van der Waals surface area (Å²) in [5.74, 6) is -0.881. The fourth-order valence-electron chi connectivity index (χ4n) is 7.99. The molecule has 0 aliphatic carbocycles. The largest absolute Gasteiger partial charge is 0.462 e. The van der Waals surface area contributed by atoms with Crippen molar-refractivity contribution in [3.63, 3.8) is 0 Å². The molecule has 6 heteroatoms. The van der Waals surface area contributed by atoms with Crippen LogP contribution in [0, 0.1) is 0 Å². The molecule has 0 heterocycles. The Morgan fingerprint density at radius 3 is 0.938 bits per heavy atom. The van der Waals surface area contributed by atoms with Gasteiger partial charge in [0.25, 0.3) is 0 Å². The maximum atomic E-state index is 12.8. The van der Waals surface area contributed by atoms with Gasteiger partial charge in [0.05, 0.1) is 0 Å². The summed E-state index contributed by atoms with van der Waals surface area (Å²) in [5.41, 5.74) is 0. The Bertz CT molecular complexity index is 1120. The number of allylic oxidation sites excluding steroid dienone is 8. The van der Waals surface area contributed by atoms with Gasteiger partial charge in [0.2, 0.25) is 0 Å². The first-order valence-corrected chi connectivity index (χ1v) is 27.6. The average molecular weight is 897 g/mol. The van der Waals surface area contributed by atoms with E-state index in [2.05, 4.69) is 69.4 Å². The molecule has 64 heavy (non-hydrogen) atoms. The molecule has 1 atom stereocenters. The third-order valence-electron chi connectivity index (χ3n) is 12.1. The van der Waals surface area contributed by atoms with Crippen LogP contribution in [0.3, 0.4) is 0 Å². The van der Waals surface area contributed by atoms with Gasteiger partial charge in [-0.1, -0.05) is 243 Å². The zero-order valence-corrected chi connectivity index (χ0v) is 42.6. The Labute approximate surface area is 397 Å². The molecule has 0 fully saturated rings. The van der Waals surface area contributed by atoms with E-state index in [1.807, 2.05) is 0 Å². The second kappa shape index (κ2) is 53.0. The standard InChI is InChI=1S/C58H104O6/c1-4-7-10-13-16-19-22-25-28-29-30-31-34-36-39-42-45-48-51-57(60)63-54-55(64-58(61)52-49-46-43-40-37-33-27-24-21-18-15-12-9-6-3)53-62-56(59)50-47-44-41-38-35-32-26-23-20-17-14-11-8-5-2/h8-9,11-12,17-18,20-21,55H,4-7,10,13-16,19,22-54H2,1-3H3/b11-8-,12-9-,20-17-,21-18-. The van der Waals surface area contributed by atoms with Gasteiger partial charge >= 0.3 is 17.9 Å². The van der Waals surface area contributed by atoms with Gasteiger partial charge in [-0.25, -0.2) is 0 Å². The van der Waals surface area contributed by atoms with Crippen LogP contribution in [-0.2, 0) is 28.6 Å². The molecule has 1 unspecified atom stereocenters. The molecule has 0 aromatic heterocycles. The summed E-state index contributed by atoms with van der Waals surface area (Å²) in [6, 6.07) is 0. The third kappa shape index (κ3) is 50.4. The zero-order chi connectivity index (χ0) is 46.5. The van der Waals surface area contributed by atoms with E-state index in [4.69, 9.17) is 14.2 Å². The van der Waals surface area contributed by atoms with E-state index < -0.39 is 6.10 Å². The van der Waals surface area contributed by atoms with E-state index in [1.54, 1.807) is 0 Å². The summed E-state index contributed by atoms with van der Waals surface area (Å²) in [7, 11) is 0. The normalized spacial score (nSPS) is 12.4. The monoisotopic (exact) mass is 897 g/mol. The lowest BCUT2D eigenvalue weighted by Gasteiger charge is -2.18. The van der Waals surface area contributed by atoms with Gasteiger partial charge < -0.3 is 14.2 Å². The van der Waals surface area contributed by atoms with Gasteiger partial charge in [-0.05, 0) is 70.6 Å². The van der Waals surface area contributed by atoms with Crippen LogP contribution in [0.25, 0.3) is 0 Å². The second-order valence-electron chi connectivity index (χ2n) is 18.4. The smallest absolute Gasteiger partial charge is 0.306 e. The van der Waals surface area contributed by atoms with Crippen LogP contribution in [-0.4, -0.2) is 37.2 Å². The number of unbranched alkanes of at least 4 members (excludes halogenated alkanes) is 31. The van der Waals surface area contributed by atoms with Crippen molar-refractivity contribution < 1.29 is 28.6 Å². The van der Waals surface area contributed by atoms with Crippen LogP contribution in [0.1, 0.15) is 284 Å². The summed E-state index contributed by atoms with van der Waals surface area (Å²) in [5, 5.41) is 0. The first-order chi connectivity index (χ1) is 31.5. The summed E-state index contributed by atoms with van der Waals surface area (Å²) in [6.07, 6.45) is 63.9. The molecule has 0 spiro atoms. The Balaban J connectivity index is 4.33. The number of hydrogen-bond donors (Lipinski definition) is 0. The molecule has 0 rings (SSSR count). The molecule has 0 N–H and O–H groups in total. The topological polar surface area (TPSA) is 78.9 Å². The molecule has 0 saturated heterocycles. The summed E-state index contributed by atoms with van der Waals surface area (Å²) in [6.45, 7) is 6.45. The van der Waals surface area contributed by atoms with Crippen molar-refractivity contribution in [1.82, 2.24) is 0 Å². The predicted octanol–water partition coefficient (Wildman–Crippen LogP) is 18.3. The molecule has 0 aliphatic heterocycles. The van der Waals surface area contributed by atoms with Gasteiger partial charge in [0.15, 0.2) is 6.10 Å². The number of rotatable bonds is 50. The lowest BCUT2D eigenvalue weighted by Crippen LogP contribution is -2.30. The zero-order valence-electron chi connectivity index (χ0n) is 42.6. The SMILES string of the molecule is CC/C=C\C/C=C\CCCCCCCCCC(=O)OCC(COC(=O)CCCCCCCCCCCCCCCCCCCC)OC(=O)CCCCCCCCC/C=C\C/C=C\CC. The minimum absolute atomic E-state index is 0.0762. The van der Waals surface area contributed by atoms with Crippen molar-refractivity contribution in [2.75, 3.05) is 13.2 Å². The molecular weight excluding hydrogens is 793 g/mol. The van der Waals surface area contributed by atoms with Crippen molar-refractivity contribution in [2.45, 2.75) is 290 Å². The Morgan fingerprint density at radius 2 is 0.609 bits per heavy atom. The van der Waals surface area contributed by atoms with Crippen LogP contribution >= 0.6 is 0 Å². The first kappa shape index (κ1) is 61.4. The van der Waals surface area contributed by atoms with Gasteiger partial charge in [-0.2, -0.15) is 0 Å². The minimum atomic E-state index is -0.778. The molecule has 0 aromatic rings. The molecule has 0 saturated carbocycles. The molecule has 372 valence electrons. The van der Waals surface area contributed by atoms with Crippen LogP contribution in [0.15, 0.2) is 48.6 Å². The van der Waals surface area contributed by atoms with Gasteiger partial charge in [-0.3, -0.25) is 14.4 Å². The number of esters is 3. The lowest BCUT2D eigenvalue weighted by molar-refractivity contribution is -0.167. The number of carbonyl (C=O) groups is 3. The van der Waals surface area contributed by atoms with Crippen LogP contribution in [0.2, 0.25) is 0 Å². The summed E-state index contributed by atoms with van der Waals surface area (Å²) < 4.78 is 16.8. The fourth-order valence-corrected chi connectivity index (χ4v) is 7.99. The van der Waals surface area contributed by atoms with Gasteiger partial charge in [0.1, 0.15) is 13.2 Å². The average Bonchev–Trinajstić information content (AvgIpc) is 3.29. The van der Waals surface area contributed by atoms with Gasteiger partial charge in [-0.15, -0.1) is 0 Å². The highest BCUT2D eigenvalue weighted by atomic mass is 16.6. The van der Waals surface area contributed by atoms with E-state index in [1.165, 1.54) is 148 Å². The molecule has 0 bridgehead atoms. The molecule has 0 aromatic carbocycles. The minimum Gasteiger partial charge on any atom is -0.462 e. The van der Waals surface area contributed by atoms with E-state index in [0.717, 1.165) is 96.3 Å². The quantitative estimate of drug-likeness (QED) is 0.0262. The highest BCUT2D eigenvalue weighted by Crippen LogP contribution is 2.16. The predicted molar refractivity (Wildman–Crippen MR) is 275 cm³/mol. The van der Waals surface area contributed by atoms with Crippen LogP contribution < -0.4 is 0 Å². The maximum absolute atomic E-state index is 12.8. The fraction of sp³-hybridized carbons (Fsp3) is 0.810. The lowest BCUT2D eigenvalue weighted by atomic mass is 10.0. The van der Waals surface area contributed by atoms with E-state index in [0.29, 0.717) is 19.3 Å².